The lowest BCUT2D eigenvalue weighted by Gasteiger charge is -2.49. The molecule has 0 bridgehead atoms. The number of aromatic nitrogens is 3. The van der Waals surface area contributed by atoms with Crippen molar-refractivity contribution >= 4 is 22.4 Å². The van der Waals surface area contributed by atoms with Crippen LogP contribution in [0.2, 0.25) is 0 Å². The number of aromatic hydroxyl groups is 1. The first-order valence-electron chi connectivity index (χ1n) is 12.8. The SMILES string of the molecule is Cc1cc(N2CCCC2)c2ccc(O)c(-c3ccc(N(C)C4CC(C)(C)NC(C)(C)C4)nn3)c2n1. The van der Waals surface area contributed by atoms with Gasteiger partial charge < -0.3 is 20.2 Å². The van der Waals surface area contributed by atoms with E-state index in [0.717, 1.165) is 48.3 Å². The second-order valence-electron chi connectivity index (χ2n) is 11.7. The molecule has 0 radical (unpaired) electrons. The maximum atomic E-state index is 10.9. The Morgan fingerprint density at radius 3 is 2.31 bits per heavy atom. The van der Waals surface area contributed by atoms with E-state index >= 15 is 0 Å². The van der Waals surface area contributed by atoms with Crippen molar-refractivity contribution in [3.8, 4) is 17.0 Å². The summed E-state index contributed by atoms with van der Waals surface area (Å²) in [4.78, 5) is 9.50. The van der Waals surface area contributed by atoms with Crippen molar-refractivity contribution < 1.29 is 5.11 Å². The summed E-state index contributed by atoms with van der Waals surface area (Å²) in [6.07, 6.45) is 4.48. The molecule has 2 aliphatic heterocycles. The van der Waals surface area contributed by atoms with Gasteiger partial charge in [0, 0.05) is 54.0 Å². The molecule has 0 spiro atoms. The van der Waals surface area contributed by atoms with Gasteiger partial charge in [-0.1, -0.05) is 0 Å². The van der Waals surface area contributed by atoms with Crippen molar-refractivity contribution in [3.05, 3.63) is 36.0 Å². The number of pyridine rings is 1. The summed E-state index contributed by atoms with van der Waals surface area (Å²) in [5, 5.41) is 24.9. The summed E-state index contributed by atoms with van der Waals surface area (Å²) in [6.45, 7) is 13.2. The van der Waals surface area contributed by atoms with Gasteiger partial charge in [0.15, 0.2) is 5.82 Å². The number of nitrogens with one attached hydrogen (secondary N) is 1. The fourth-order valence-electron chi connectivity index (χ4n) is 6.24. The molecule has 5 rings (SSSR count). The van der Waals surface area contributed by atoms with Gasteiger partial charge in [0.05, 0.1) is 16.8 Å². The number of phenolic OH excluding ortho intramolecular Hbond substituents is 1. The number of piperidine rings is 1. The monoisotopic (exact) mass is 474 g/mol. The maximum absolute atomic E-state index is 10.9. The Hall–Kier alpha value is -2.93. The quantitative estimate of drug-likeness (QED) is 0.548. The Balaban J connectivity index is 1.50. The number of nitrogens with zero attached hydrogens (tertiary/aromatic N) is 5. The van der Waals surface area contributed by atoms with Crippen LogP contribution < -0.4 is 15.1 Å². The van der Waals surface area contributed by atoms with Gasteiger partial charge in [0.2, 0.25) is 0 Å². The second kappa shape index (κ2) is 8.63. The molecule has 2 fully saturated rings. The lowest BCUT2D eigenvalue weighted by Crippen LogP contribution is -2.62. The van der Waals surface area contributed by atoms with Crippen molar-refractivity contribution in [2.45, 2.75) is 77.4 Å². The van der Waals surface area contributed by atoms with Gasteiger partial charge in [0.1, 0.15) is 5.75 Å². The molecule has 35 heavy (non-hydrogen) atoms. The summed E-state index contributed by atoms with van der Waals surface area (Å²) >= 11 is 0. The molecule has 1 aromatic carbocycles. The largest absolute Gasteiger partial charge is 0.507 e. The van der Waals surface area contributed by atoms with Crippen molar-refractivity contribution in [1.82, 2.24) is 20.5 Å². The fraction of sp³-hybridized carbons (Fsp3) is 0.536. The third-order valence-corrected chi connectivity index (χ3v) is 7.50. The number of hydrogen-bond acceptors (Lipinski definition) is 7. The molecule has 2 saturated heterocycles. The Morgan fingerprint density at radius 2 is 1.69 bits per heavy atom. The molecule has 7 heteroatoms. The average Bonchev–Trinajstić information content (AvgIpc) is 3.31. The van der Waals surface area contributed by atoms with E-state index in [4.69, 9.17) is 4.98 Å². The topological polar surface area (TPSA) is 77.4 Å². The van der Waals surface area contributed by atoms with E-state index in [0.29, 0.717) is 17.3 Å². The molecule has 7 nitrogen and oxygen atoms in total. The summed E-state index contributed by atoms with van der Waals surface area (Å²) in [6, 6.07) is 10.2. The van der Waals surface area contributed by atoms with Gasteiger partial charge in [-0.25, -0.2) is 0 Å². The molecule has 0 unspecified atom stereocenters. The number of rotatable bonds is 4. The van der Waals surface area contributed by atoms with Crippen LogP contribution in [0.1, 0.15) is 59.1 Å². The molecular formula is C28H38N6O. The van der Waals surface area contributed by atoms with E-state index in [9.17, 15) is 5.11 Å². The third-order valence-electron chi connectivity index (χ3n) is 7.50. The Labute approximate surface area is 208 Å². The van der Waals surface area contributed by atoms with Crippen LogP contribution in [0.25, 0.3) is 22.2 Å². The van der Waals surface area contributed by atoms with E-state index in [1.807, 2.05) is 25.1 Å². The minimum absolute atomic E-state index is 0.0549. The zero-order chi connectivity index (χ0) is 25.0. The van der Waals surface area contributed by atoms with Crippen LogP contribution in [-0.4, -0.2) is 57.5 Å². The minimum atomic E-state index is 0.0549. The Morgan fingerprint density at radius 1 is 1.00 bits per heavy atom. The average molecular weight is 475 g/mol. The van der Waals surface area contributed by atoms with Gasteiger partial charge in [-0.3, -0.25) is 4.98 Å². The van der Waals surface area contributed by atoms with Gasteiger partial charge in [-0.2, -0.15) is 0 Å². The molecule has 3 aromatic rings. The standard InChI is InChI=1S/C28H38N6O/c1-18-15-22(34-13-7-8-14-34)20-9-11-23(35)25(26(20)29-18)21-10-12-24(31-30-21)33(6)19-16-27(2,3)32-28(4,5)17-19/h9-12,15,19,32,35H,7-8,13-14,16-17H2,1-6H3. The lowest BCUT2D eigenvalue weighted by atomic mass is 9.79. The first-order valence-corrected chi connectivity index (χ1v) is 12.8. The number of aryl methyl sites for hydroxylation is 1. The molecule has 2 N–H and O–H groups in total. The van der Waals surface area contributed by atoms with Crippen LogP contribution in [-0.2, 0) is 0 Å². The molecule has 0 aliphatic carbocycles. The highest BCUT2D eigenvalue weighted by atomic mass is 16.3. The van der Waals surface area contributed by atoms with E-state index in [1.165, 1.54) is 18.5 Å². The summed E-state index contributed by atoms with van der Waals surface area (Å²) < 4.78 is 0. The number of hydrogen-bond donors (Lipinski definition) is 2. The second-order valence-corrected chi connectivity index (χ2v) is 11.7. The minimum Gasteiger partial charge on any atom is -0.507 e. The molecule has 2 aliphatic rings. The molecule has 186 valence electrons. The fourth-order valence-corrected chi connectivity index (χ4v) is 6.24. The smallest absolute Gasteiger partial charge is 0.151 e. The van der Waals surface area contributed by atoms with Crippen molar-refractivity contribution in [3.63, 3.8) is 0 Å². The van der Waals surface area contributed by atoms with Crippen molar-refractivity contribution in [2.24, 2.45) is 0 Å². The summed E-state index contributed by atoms with van der Waals surface area (Å²) in [5.74, 6) is 1.02. The van der Waals surface area contributed by atoms with Gasteiger partial charge in [-0.05, 0) is 90.6 Å². The number of fused-ring (bicyclic) bond motifs is 1. The molecule has 0 atom stereocenters. The zero-order valence-corrected chi connectivity index (χ0v) is 21.9. The predicted molar refractivity (Wildman–Crippen MR) is 143 cm³/mol. The van der Waals surface area contributed by atoms with Gasteiger partial charge in [0.25, 0.3) is 0 Å². The summed E-state index contributed by atoms with van der Waals surface area (Å²) in [7, 11) is 2.11. The Kier molecular flexibility index (Phi) is 5.86. The summed E-state index contributed by atoms with van der Waals surface area (Å²) in [5.41, 5.74) is 4.31. The Bertz CT molecular complexity index is 1210. The van der Waals surface area contributed by atoms with Gasteiger partial charge in [-0.15, -0.1) is 10.2 Å². The highest BCUT2D eigenvalue weighted by Crippen LogP contribution is 2.39. The van der Waals surface area contributed by atoms with Crippen molar-refractivity contribution in [2.75, 3.05) is 29.9 Å². The highest BCUT2D eigenvalue weighted by Gasteiger charge is 2.39. The first-order chi connectivity index (χ1) is 16.5. The van der Waals surface area contributed by atoms with Gasteiger partial charge >= 0.3 is 0 Å². The van der Waals surface area contributed by atoms with Crippen LogP contribution >= 0.6 is 0 Å². The molecular weight excluding hydrogens is 436 g/mol. The number of benzene rings is 1. The lowest BCUT2D eigenvalue weighted by molar-refractivity contribution is 0.160. The normalized spacial score (nSPS) is 19.9. The van der Waals surface area contributed by atoms with E-state index in [-0.39, 0.29) is 16.8 Å². The van der Waals surface area contributed by atoms with E-state index in [1.54, 1.807) is 6.07 Å². The number of phenols is 1. The highest BCUT2D eigenvalue weighted by molar-refractivity contribution is 6.02. The first kappa shape index (κ1) is 23.8. The predicted octanol–water partition coefficient (Wildman–Crippen LogP) is 5.05. The van der Waals surface area contributed by atoms with Crippen LogP contribution in [0.5, 0.6) is 5.75 Å². The third kappa shape index (κ3) is 4.66. The molecule has 2 aromatic heterocycles. The maximum Gasteiger partial charge on any atom is 0.151 e. The van der Waals surface area contributed by atoms with E-state index < -0.39 is 0 Å². The van der Waals surface area contributed by atoms with Crippen LogP contribution in [0, 0.1) is 6.92 Å². The zero-order valence-electron chi connectivity index (χ0n) is 21.9. The van der Waals surface area contributed by atoms with Crippen LogP contribution in [0.4, 0.5) is 11.5 Å². The van der Waals surface area contributed by atoms with Crippen molar-refractivity contribution in [1.29, 1.82) is 0 Å². The van der Waals surface area contributed by atoms with E-state index in [2.05, 4.69) is 66.1 Å². The van der Waals surface area contributed by atoms with Crippen LogP contribution in [0.15, 0.2) is 30.3 Å². The molecule has 0 amide bonds. The molecule has 0 saturated carbocycles. The van der Waals surface area contributed by atoms with Crippen LogP contribution in [0.3, 0.4) is 0 Å². The molecule has 4 heterocycles. The number of anilines is 2.